The zero-order chi connectivity index (χ0) is 19.9. The van der Waals surface area contributed by atoms with Gasteiger partial charge < -0.3 is 9.52 Å². The van der Waals surface area contributed by atoms with E-state index >= 15 is 0 Å². The number of hydrogen-bond acceptors (Lipinski definition) is 2. The average molecular weight is 383 g/mol. The van der Waals surface area contributed by atoms with Crippen molar-refractivity contribution >= 4 is 0 Å². The van der Waals surface area contributed by atoms with Gasteiger partial charge in [-0.05, 0) is 96.5 Å². The fraction of sp³-hybridized carbons (Fsp3) is 0.769. The van der Waals surface area contributed by atoms with Crippen LogP contribution in [0.15, 0.2) is 34.2 Å². The van der Waals surface area contributed by atoms with Crippen molar-refractivity contribution < 1.29 is 9.52 Å². The van der Waals surface area contributed by atoms with E-state index in [4.69, 9.17) is 4.42 Å². The number of hydrogen-bond donors (Lipinski definition) is 1. The van der Waals surface area contributed by atoms with Gasteiger partial charge in [0.2, 0.25) is 0 Å². The van der Waals surface area contributed by atoms with E-state index in [1.165, 1.54) is 50.5 Å². The Bertz CT molecular complexity index is 802. The van der Waals surface area contributed by atoms with Gasteiger partial charge in [0.15, 0.2) is 0 Å². The fourth-order valence-electron chi connectivity index (χ4n) is 8.68. The monoisotopic (exact) mass is 382 g/mol. The summed E-state index contributed by atoms with van der Waals surface area (Å²) in [5.74, 6) is 1.24. The summed E-state index contributed by atoms with van der Waals surface area (Å²) in [5.41, 5.74) is 6.00. The molecule has 2 heteroatoms. The number of rotatable bonds is 1. The zero-order valence-electron chi connectivity index (χ0n) is 18.5. The molecular formula is C26H38O2. The van der Waals surface area contributed by atoms with Crippen LogP contribution >= 0.6 is 0 Å². The van der Waals surface area contributed by atoms with Crippen LogP contribution < -0.4 is 0 Å². The van der Waals surface area contributed by atoms with Crippen LogP contribution in [0.2, 0.25) is 0 Å². The lowest BCUT2D eigenvalue weighted by Crippen LogP contribution is -2.54. The molecule has 6 atom stereocenters. The van der Waals surface area contributed by atoms with E-state index in [1.54, 1.807) is 5.57 Å². The average Bonchev–Trinajstić information content (AvgIpc) is 3.25. The van der Waals surface area contributed by atoms with Crippen molar-refractivity contribution in [2.75, 3.05) is 0 Å². The molecule has 5 rings (SSSR count). The number of allylic oxidation sites excluding steroid dienone is 2. The van der Waals surface area contributed by atoms with Gasteiger partial charge in [0.25, 0.3) is 0 Å². The third-order valence-electron chi connectivity index (χ3n) is 10.7. The summed E-state index contributed by atoms with van der Waals surface area (Å²) in [5, 5.41) is 10.7. The van der Waals surface area contributed by atoms with Gasteiger partial charge in [-0.1, -0.05) is 45.8 Å². The van der Waals surface area contributed by atoms with Crippen LogP contribution in [0.4, 0.5) is 0 Å². The molecule has 4 aliphatic rings. The van der Waals surface area contributed by atoms with Crippen LogP contribution in [0.1, 0.15) is 97.5 Å². The number of aliphatic hydroxyl groups is 1. The van der Waals surface area contributed by atoms with Crippen LogP contribution in [0, 0.1) is 27.6 Å². The topological polar surface area (TPSA) is 33.4 Å². The summed E-state index contributed by atoms with van der Waals surface area (Å²) in [6, 6.07) is 2.20. The van der Waals surface area contributed by atoms with E-state index in [-0.39, 0.29) is 16.9 Å². The molecule has 0 saturated heterocycles. The Labute approximate surface area is 170 Å². The van der Waals surface area contributed by atoms with E-state index in [0.29, 0.717) is 22.7 Å². The molecule has 0 aromatic carbocycles. The van der Waals surface area contributed by atoms with Crippen molar-refractivity contribution in [3.63, 3.8) is 0 Å². The van der Waals surface area contributed by atoms with Crippen LogP contribution in [0.5, 0.6) is 0 Å². The predicted molar refractivity (Wildman–Crippen MR) is 113 cm³/mol. The molecule has 0 radical (unpaired) electrons. The number of aliphatic hydroxyl groups excluding tert-OH is 1. The van der Waals surface area contributed by atoms with Crippen LogP contribution in [0.25, 0.3) is 0 Å². The van der Waals surface area contributed by atoms with Crippen molar-refractivity contribution in [3.05, 3.63) is 35.3 Å². The molecule has 28 heavy (non-hydrogen) atoms. The minimum atomic E-state index is -0.144. The highest BCUT2D eigenvalue weighted by Gasteiger charge is 2.63. The van der Waals surface area contributed by atoms with Crippen molar-refractivity contribution in [1.29, 1.82) is 0 Å². The molecule has 0 aliphatic heterocycles. The predicted octanol–water partition coefficient (Wildman–Crippen LogP) is 6.86. The molecule has 2 saturated carbocycles. The smallest absolute Gasteiger partial charge is 0.0937 e. The second-order valence-corrected chi connectivity index (χ2v) is 11.7. The highest BCUT2D eigenvalue weighted by Crippen LogP contribution is 2.73. The summed E-state index contributed by atoms with van der Waals surface area (Å²) < 4.78 is 5.48. The molecule has 2 fully saturated rings. The van der Waals surface area contributed by atoms with Crippen molar-refractivity contribution in [1.82, 2.24) is 0 Å². The molecule has 1 aromatic rings. The number of fused-ring (bicyclic) bond motifs is 4. The maximum Gasteiger partial charge on any atom is 0.0937 e. The lowest BCUT2D eigenvalue weighted by Gasteiger charge is -2.62. The van der Waals surface area contributed by atoms with E-state index < -0.39 is 0 Å². The van der Waals surface area contributed by atoms with Crippen LogP contribution in [-0.2, 0) is 0 Å². The summed E-state index contributed by atoms with van der Waals surface area (Å²) in [4.78, 5) is 0. The van der Waals surface area contributed by atoms with Gasteiger partial charge >= 0.3 is 0 Å². The Morgan fingerprint density at radius 2 is 1.71 bits per heavy atom. The third kappa shape index (κ3) is 2.14. The lowest BCUT2D eigenvalue weighted by molar-refractivity contribution is -0.0949. The second-order valence-electron chi connectivity index (χ2n) is 11.7. The van der Waals surface area contributed by atoms with E-state index in [0.717, 1.165) is 6.42 Å². The first-order valence-corrected chi connectivity index (χ1v) is 11.6. The summed E-state index contributed by atoms with van der Waals surface area (Å²) >= 11 is 0. The molecule has 1 aromatic heterocycles. The first kappa shape index (κ1) is 19.0. The maximum absolute atomic E-state index is 10.7. The molecule has 1 heterocycles. The summed E-state index contributed by atoms with van der Waals surface area (Å²) in [6.45, 7) is 12.4. The maximum atomic E-state index is 10.7. The van der Waals surface area contributed by atoms with Gasteiger partial charge in [0, 0.05) is 0 Å². The quantitative estimate of drug-likeness (QED) is 0.538. The minimum absolute atomic E-state index is 0.0299. The molecule has 0 spiro atoms. The largest absolute Gasteiger partial charge is 0.472 e. The third-order valence-corrected chi connectivity index (χ3v) is 10.7. The summed E-state index contributed by atoms with van der Waals surface area (Å²) in [6.07, 6.45) is 13.5. The Morgan fingerprint density at radius 3 is 2.43 bits per heavy atom. The molecule has 1 N–H and O–H groups in total. The van der Waals surface area contributed by atoms with Gasteiger partial charge in [-0.25, -0.2) is 0 Å². The summed E-state index contributed by atoms with van der Waals surface area (Å²) in [7, 11) is 0. The van der Waals surface area contributed by atoms with Gasteiger partial charge in [-0.2, -0.15) is 0 Å². The minimum Gasteiger partial charge on any atom is -0.472 e. The van der Waals surface area contributed by atoms with Gasteiger partial charge in [-0.3, -0.25) is 0 Å². The SMILES string of the molecule is CC1(C)[C@@H](O)CC[C@]2(C)C3=C(CC[C@@H]12)[C@]1(C)CC[C@H](c2ccoc2)[C@@]1(C)CC3. The van der Waals surface area contributed by atoms with Gasteiger partial charge in [-0.15, -0.1) is 0 Å². The van der Waals surface area contributed by atoms with E-state index in [9.17, 15) is 5.11 Å². The molecule has 0 unspecified atom stereocenters. The van der Waals surface area contributed by atoms with Gasteiger partial charge in [0.05, 0.1) is 18.6 Å². The molecule has 2 nitrogen and oxygen atoms in total. The van der Waals surface area contributed by atoms with E-state index in [1.807, 2.05) is 18.1 Å². The molecule has 154 valence electrons. The Balaban J connectivity index is 1.59. The van der Waals surface area contributed by atoms with Crippen molar-refractivity contribution in [3.8, 4) is 0 Å². The zero-order valence-corrected chi connectivity index (χ0v) is 18.5. The molecule has 0 bridgehead atoms. The van der Waals surface area contributed by atoms with Crippen molar-refractivity contribution in [2.45, 2.75) is 98.0 Å². The molecule has 0 amide bonds. The van der Waals surface area contributed by atoms with Crippen LogP contribution in [0.3, 0.4) is 0 Å². The first-order chi connectivity index (χ1) is 13.1. The molecule has 4 aliphatic carbocycles. The number of furan rings is 1. The first-order valence-electron chi connectivity index (χ1n) is 11.6. The standard InChI is InChI=1S/C26H38O2/c1-23(2)21-7-6-20-19(24(21,3)12-10-22(23)27)9-14-25(4)18(8-13-26(20,25)5)17-11-15-28-16-17/h11,15-16,18,21-22,27H,6-10,12-14H2,1-5H3/t18-,21+,22+,24-,25-,26+/m1/s1. The van der Waals surface area contributed by atoms with Gasteiger partial charge in [0.1, 0.15) is 0 Å². The Kier molecular flexibility index (Phi) is 3.91. The second kappa shape index (κ2) is 5.78. The normalized spacial score (nSPS) is 47.4. The van der Waals surface area contributed by atoms with Crippen LogP contribution in [-0.4, -0.2) is 11.2 Å². The highest BCUT2D eigenvalue weighted by atomic mass is 16.3. The van der Waals surface area contributed by atoms with E-state index in [2.05, 4.69) is 40.7 Å². The fourth-order valence-corrected chi connectivity index (χ4v) is 8.68. The van der Waals surface area contributed by atoms with Crippen molar-refractivity contribution in [2.24, 2.45) is 27.6 Å². The molecular weight excluding hydrogens is 344 g/mol. The Hall–Kier alpha value is -1.02. The highest BCUT2D eigenvalue weighted by molar-refractivity contribution is 5.40. The lowest BCUT2D eigenvalue weighted by atomic mass is 9.43. The Morgan fingerprint density at radius 1 is 0.929 bits per heavy atom.